The molecule has 1 atom stereocenters. The second kappa shape index (κ2) is 5.28. The first-order valence-electron chi connectivity index (χ1n) is 6.44. The van der Waals surface area contributed by atoms with Gasteiger partial charge in [0.15, 0.2) is 0 Å². The van der Waals surface area contributed by atoms with Crippen molar-refractivity contribution in [3.8, 4) is 0 Å². The molecule has 0 saturated carbocycles. The third-order valence-electron chi connectivity index (χ3n) is 3.87. The molecule has 2 aliphatic rings. The van der Waals surface area contributed by atoms with Crippen LogP contribution in [0.4, 0.5) is 0 Å². The number of hydrogen-bond donors (Lipinski definition) is 1. The molecule has 0 aromatic carbocycles. The minimum Gasteiger partial charge on any atom is -0.328 e. The quantitative estimate of drug-likeness (QED) is 0.748. The number of likely N-dealkylation sites (tertiary alicyclic amines) is 2. The summed E-state index contributed by atoms with van der Waals surface area (Å²) in [5.41, 5.74) is 5.90. The van der Waals surface area contributed by atoms with Gasteiger partial charge in [0.1, 0.15) is 0 Å². The van der Waals surface area contributed by atoms with E-state index in [1.54, 1.807) is 0 Å². The molecule has 2 rings (SSSR count). The van der Waals surface area contributed by atoms with E-state index in [0.29, 0.717) is 6.04 Å². The predicted molar refractivity (Wildman–Crippen MR) is 63.9 cm³/mol. The highest BCUT2D eigenvalue weighted by molar-refractivity contribution is 4.77. The minimum atomic E-state index is 0.466. The monoisotopic (exact) mass is 211 g/mol. The molecule has 2 heterocycles. The molecule has 2 saturated heterocycles. The first kappa shape index (κ1) is 11.4. The zero-order chi connectivity index (χ0) is 10.7. The molecule has 0 aromatic heterocycles. The standard InChI is InChI=1S/C12H25N3/c1-11-2-5-15(10-11)9-8-14-6-3-12(13)4-7-14/h11-12H,2-10,13H2,1H3. The zero-order valence-electron chi connectivity index (χ0n) is 9.99. The van der Waals surface area contributed by atoms with Gasteiger partial charge in [0.25, 0.3) is 0 Å². The van der Waals surface area contributed by atoms with Gasteiger partial charge in [-0.3, -0.25) is 0 Å². The Morgan fingerprint density at radius 2 is 1.60 bits per heavy atom. The van der Waals surface area contributed by atoms with E-state index in [1.165, 1.54) is 58.5 Å². The second-order valence-corrected chi connectivity index (χ2v) is 5.37. The summed E-state index contributed by atoms with van der Waals surface area (Å²) >= 11 is 0. The number of piperidine rings is 1. The molecule has 2 aliphatic heterocycles. The fraction of sp³-hybridized carbons (Fsp3) is 1.00. The molecule has 0 aromatic rings. The molecule has 0 spiro atoms. The molecule has 15 heavy (non-hydrogen) atoms. The topological polar surface area (TPSA) is 32.5 Å². The lowest BCUT2D eigenvalue weighted by molar-refractivity contribution is 0.184. The third kappa shape index (κ3) is 3.44. The van der Waals surface area contributed by atoms with Gasteiger partial charge < -0.3 is 15.5 Å². The van der Waals surface area contributed by atoms with Gasteiger partial charge in [-0.25, -0.2) is 0 Å². The molecule has 1 unspecified atom stereocenters. The van der Waals surface area contributed by atoms with Crippen molar-refractivity contribution >= 4 is 0 Å². The molecule has 2 N–H and O–H groups in total. The van der Waals surface area contributed by atoms with Crippen molar-refractivity contribution < 1.29 is 0 Å². The Kier molecular flexibility index (Phi) is 4.00. The highest BCUT2D eigenvalue weighted by Gasteiger charge is 2.20. The second-order valence-electron chi connectivity index (χ2n) is 5.37. The Labute approximate surface area is 93.6 Å². The Morgan fingerprint density at radius 3 is 2.20 bits per heavy atom. The summed E-state index contributed by atoms with van der Waals surface area (Å²) in [6, 6.07) is 0.466. The summed E-state index contributed by atoms with van der Waals surface area (Å²) in [7, 11) is 0. The lowest BCUT2D eigenvalue weighted by Crippen LogP contribution is -2.42. The first-order chi connectivity index (χ1) is 7.24. The van der Waals surface area contributed by atoms with Gasteiger partial charge in [0.2, 0.25) is 0 Å². The van der Waals surface area contributed by atoms with Crippen LogP contribution in [-0.4, -0.2) is 55.1 Å². The van der Waals surface area contributed by atoms with Crippen LogP contribution in [0.15, 0.2) is 0 Å². The SMILES string of the molecule is CC1CCN(CCN2CCC(N)CC2)C1. The average molecular weight is 211 g/mol. The average Bonchev–Trinajstić information content (AvgIpc) is 2.64. The van der Waals surface area contributed by atoms with Crippen molar-refractivity contribution in [2.45, 2.75) is 32.2 Å². The largest absolute Gasteiger partial charge is 0.328 e. The van der Waals surface area contributed by atoms with Crippen LogP contribution in [0, 0.1) is 5.92 Å². The van der Waals surface area contributed by atoms with E-state index in [2.05, 4.69) is 16.7 Å². The normalized spacial score (nSPS) is 31.2. The summed E-state index contributed by atoms with van der Waals surface area (Å²) < 4.78 is 0. The Hall–Kier alpha value is -0.120. The minimum absolute atomic E-state index is 0.466. The predicted octanol–water partition coefficient (Wildman–Crippen LogP) is 0.751. The fourth-order valence-electron chi connectivity index (χ4n) is 2.69. The summed E-state index contributed by atoms with van der Waals surface area (Å²) in [6.45, 7) is 9.93. The van der Waals surface area contributed by atoms with E-state index in [4.69, 9.17) is 5.73 Å². The van der Waals surface area contributed by atoms with Crippen LogP contribution in [0.25, 0.3) is 0 Å². The van der Waals surface area contributed by atoms with Crippen LogP contribution in [0.3, 0.4) is 0 Å². The third-order valence-corrected chi connectivity index (χ3v) is 3.87. The number of rotatable bonds is 3. The maximum absolute atomic E-state index is 5.90. The molecular formula is C12H25N3. The maximum atomic E-state index is 5.90. The van der Waals surface area contributed by atoms with Crippen molar-refractivity contribution in [3.63, 3.8) is 0 Å². The van der Waals surface area contributed by atoms with Gasteiger partial charge in [-0.1, -0.05) is 6.92 Å². The van der Waals surface area contributed by atoms with Crippen LogP contribution >= 0.6 is 0 Å². The van der Waals surface area contributed by atoms with Crippen molar-refractivity contribution in [2.24, 2.45) is 11.7 Å². The van der Waals surface area contributed by atoms with Crippen molar-refractivity contribution in [1.29, 1.82) is 0 Å². The lowest BCUT2D eigenvalue weighted by Gasteiger charge is -2.31. The van der Waals surface area contributed by atoms with Gasteiger partial charge in [0.05, 0.1) is 0 Å². The summed E-state index contributed by atoms with van der Waals surface area (Å²) in [6.07, 6.45) is 3.78. The van der Waals surface area contributed by atoms with Gasteiger partial charge in [0, 0.05) is 25.7 Å². The van der Waals surface area contributed by atoms with Crippen LogP contribution in [0.5, 0.6) is 0 Å². The van der Waals surface area contributed by atoms with Crippen molar-refractivity contribution in [3.05, 3.63) is 0 Å². The molecular weight excluding hydrogens is 186 g/mol. The van der Waals surface area contributed by atoms with Crippen LogP contribution in [0.2, 0.25) is 0 Å². The van der Waals surface area contributed by atoms with E-state index >= 15 is 0 Å². The molecule has 0 radical (unpaired) electrons. The molecule has 3 heteroatoms. The summed E-state index contributed by atoms with van der Waals surface area (Å²) in [5, 5.41) is 0. The number of nitrogens with zero attached hydrogens (tertiary/aromatic N) is 2. The van der Waals surface area contributed by atoms with Crippen molar-refractivity contribution in [1.82, 2.24) is 9.80 Å². The summed E-state index contributed by atoms with van der Waals surface area (Å²) in [4.78, 5) is 5.19. The highest BCUT2D eigenvalue weighted by Crippen LogP contribution is 2.15. The number of hydrogen-bond acceptors (Lipinski definition) is 3. The molecule has 0 aliphatic carbocycles. The Bertz CT molecular complexity index is 187. The fourth-order valence-corrected chi connectivity index (χ4v) is 2.69. The first-order valence-corrected chi connectivity index (χ1v) is 6.44. The van der Waals surface area contributed by atoms with Gasteiger partial charge in [-0.15, -0.1) is 0 Å². The molecule has 0 amide bonds. The molecule has 2 fully saturated rings. The summed E-state index contributed by atoms with van der Waals surface area (Å²) in [5.74, 6) is 0.916. The van der Waals surface area contributed by atoms with Crippen LogP contribution < -0.4 is 5.73 Å². The number of nitrogens with two attached hydrogens (primary N) is 1. The van der Waals surface area contributed by atoms with Gasteiger partial charge in [-0.2, -0.15) is 0 Å². The van der Waals surface area contributed by atoms with Crippen molar-refractivity contribution in [2.75, 3.05) is 39.3 Å². The van der Waals surface area contributed by atoms with E-state index in [-0.39, 0.29) is 0 Å². The smallest absolute Gasteiger partial charge is 0.0109 e. The van der Waals surface area contributed by atoms with Crippen LogP contribution in [-0.2, 0) is 0 Å². The molecule has 3 nitrogen and oxygen atoms in total. The van der Waals surface area contributed by atoms with E-state index < -0.39 is 0 Å². The maximum Gasteiger partial charge on any atom is 0.0109 e. The van der Waals surface area contributed by atoms with Gasteiger partial charge >= 0.3 is 0 Å². The van der Waals surface area contributed by atoms with Gasteiger partial charge in [-0.05, 0) is 44.8 Å². The highest BCUT2D eigenvalue weighted by atomic mass is 15.2. The lowest BCUT2D eigenvalue weighted by atomic mass is 10.1. The molecule has 88 valence electrons. The Balaban J connectivity index is 1.61. The van der Waals surface area contributed by atoms with Crippen LogP contribution in [0.1, 0.15) is 26.2 Å². The Morgan fingerprint density at radius 1 is 1.00 bits per heavy atom. The van der Waals surface area contributed by atoms with E-state index in [9.17, 15) is 0 Å². The van der Waals surface area contributed by atoms with E-state index in [0.717, 1.165) is 5.92 Å². The van der Waals surface area contributed by atoms with E-state index in [1.807, 2.05) is 0 Å². The zero-order valence-corrected chi connectivity index (χ0v) is 9.99. The molecule has 0 bridgehead atoms.